The van der Waals surface area contributed by atoms with Crippen LogP contribution in [0.1, 0.15) is 58.8 Å². The van der Waals surface area contributed by atoms with Crippen molar-refractivity contribution >= 4 is 22.8 Å². The number of alkyl halides is 3. The lowest BCUT2D eigenvalue weighted by Crippen LogP contribution is -2.53. The van der Waals surface area contributed by atoms with E-state index in [1.807, 2.05) is 48.5 Å². The van der Waals surface area contributed by atoms with Crippen molar-refractivity contribution in [2.45, 2.75) is 63.6 Å². The van der Waals surface area contributed by atoms with Gasteiger partial charge >= 0.3 is 18.1 Å². The Balaban J connectivity index is 1.23. The molecule has 1 unspecified atom stereocenters. The molecule has 2 heterocycles. The highest BCUT2D eigenvalue weighted by Gasteiger charge is 2.57. The zero-order valence-electron chi connectivity index (χ0n) is 32.2. The average molecular weight is 789 g/mol. The van der Waals surface area contributed by atoms with Crippen LogP contribution >= 0.6 is 0 Å². The molecule has 1 aromatic heterocycles. The maximum absolute atomic E-state index is 15.3. The number of β-amino-alcohol motifs (C(OH)–C–C–N with tert-alkyl or cyclic N) is 1. The first kappa shape index (κ1) is 41.1. The number of aromatic nitrogens is 1. The van der Waals surface area contributed by atoms with Crippen molar-refractivity contribution in [2.75, 3.05) is 40.5 Å². The minimum atomic E-state index is -5.08. The Morgan fingerprint density at radius 3 is 2.05 bits per heavy atom. The number of nitrogens with zero attached hydrogens (tertiary/aromatic N) is 2. The van der Waals surface area contributed by atoms with Crippen molar-refractivity contribution in [3.8, 4) is 17.2 Å². The number of halogens is 3. The molecule has 5 aromatic rings. The van der Waals surface area contributed by atoms with Gasteiger partial charge in [0.1, 0.15) is 12.7 Å². The first-order valence-corrected chi connectivity index (χ1v) is 18.9. The predicted octanol–water partition coefficient (Wildman–Crippen LogP) is 7.85. The van der Waals surface area contributed by atoms with Crippen molar-refractivity contribution in [1.29, 1.82) is 0 Å². The summed E-state index contributed by atoms with van der Waals surface area (Å²) in [6, 6.07) is 26.4. The van der Waals surface area contributed by atoms with Crippen LogP contribution in [-0.4, -0.2) is 79.3 Å². The Labute approximate surface area is 329 Å². The summed E-state index contributed by atoms with van der Waals surface area (Å²) >= 11 is 0. The first-order valence-electron chi connectivity index (χ1n) is 18.9. The number of carbonyl (C=O) groups excluding carboxylic acids is 2. The number of methoxy groups -OCH3 is 2. The normalized spacial score (nSPS) is 14.9. The zero-order chi connectivity index (χ0) is 40.6. The van der Waals surface area contributed by atoms with Gasteiger partial charge in [-0.25, -0.2) is 4.79 Å². The summed E-state index contributed by atoms with van der Waals surface area (Å²) in [4.78, 5) is 26.7. The summed E-state index contributed by atoms with van der Waals surface area (Å²) in [6.07, 6.45) is -2.82. The number of aryl methyl sites for hydroxylation is 1. The van der Waals surface area contributed by atoms with Crippen LogP contribution in [0.3, 0.4) is 0 Å². The SMILES string of the molecule is CCOC(=O)CCc1cc(OC)c(OC2CCN(CC(O)(c3cn(Cc4ccccc4)c4ccc(C(=O)OCc5ccccc5)cc34)C(F)(F)F)CC2)c(OC)c1. The fourth-order valence-electron chi connectivity index (χ4n) is 7.15. The number of esters is 2. The standard InChI is InChI=1S/C44H47F3N2O8/c1-4-55-40(50)18-15-32-23-38(53-2)41(39(24-32)54-3)57-34-19-21-48(22-20-34)29-43(52,44(45,46)47)36-27-49(26-30-11-7-5-8-12-30)37-17-16-33(25-35(36)37)42(51)56-28-31-13-9-6-10-14-31/h5-14,16-17,23-25,27,34,52H,4,15,18-22,26,28-29H2,1-3H3. The van der Waals surface area contributed by atoms with E-state index < -0.39 is 24.3 Å². The van der Waals surface area contributed by atoms with Crippen molar-refractivity contribution in [1.82, 2.24) is 9.47 Å². The van der Waals surface area contributed by atoms with Gasteiger partial charge in [0.25, 0.3) is 0 Å². The molecule has 0 aliphatic carbocycles. The molecule has 1 aliphatic heterocycles. The zero-order valence-corrected chi connectivity index (χ0v) is 32.2. The van der Waals surface area contributed by atoms with E-state index in [1.165, 1.54) is 32.5 Å². The van der Waals surface area contributed by atoms with Crippen LogP contribution in [0.4, 0.5) is 13.2 Å². The van der Waals surface area contributed by atoms with Crippen molar-refractivity contribution in [3.63, 3.8) is 0 Å². The van der Waals surface area contributed by atoms with Crippen LogP contribution in [0.5, 0.6) is 17.2 Å². The smallest absolute Gasteiger partial charge is 0.422 e. The molecule has 0 bridgehead atoms. The van der Waals surface area contributed by atoms with Gasteiger partial charge in [0, 0.05) is 55.3 Å². The van der Waals surface area contributed by atoms with Crippen LogP contribution < -0.4 is 14.2 Å². The van der Waals surface area contributed by atoms with Gasteiger partial charge in [-0.15, -0.1) is 0 Å². The van der Waals surface area contributed by atoms with E-state index in [0.29, 0.717) is 48.6 Å². The van der Waals surface area contributed by atoms with Gasteiger partial charge in [0.2, 0.25) is 11.4 Å². The molecule has 10 nitrogen and oxygen atoms in total. The van der Waals surface area contributed by atoms with E-state index in [0.717, 1.165) is 16.7 Å². The number of benzene rings is 4. The molecule has 4 aromatic carbocycles. The molecule has 0 saturated carbocycles. The molecule has 6 rings (SSSR count). The van der Waals surface area contributed by atoms with Gasteiger partial charge in [-0.3, -0.25) is 9.69 Å². The van der Waals surface area contributed by atoms with E-state index in [1.54, 1.807) is 46.7 Å². The molecule has 0 radical (unpaired) electrons. The molecule has 1 fully saturated rings. The minimum absolute atomic E-state index is 0.00621. The van der Waals surface area contributed by atoms with E-state index in [4.69, 9.17) is 23.7 Å². The average Bonchev–Trinajstić information content (AvgIpc) is 3.58. The summed E-state index contributed by atoms with van der Waals surface area (Å²) in [7, 11) is 2.98. The maximum Gasteiger partial charge on any atom is 0.422 e. The summed E-state index contributed by atoms with van der Waals surface area (Å²) in [5, 5.41) is 12.0. The Bertz CT molecular complexity index is 2110. The lowest BCUT2D eigenvalue weighted by Gasteiger charge is -2.39. The largest absolute Gasteiger partial charge is 0.493 e. The second kappa shape index (κ2) is 18.2. The Hall–Kier alpha value is -5.53. The molecule has 57 heavy (non-hydrogen) atoms. The number of likely N-dealkylation sites (tertiary alicyclic amines) is 1. The molecule has 1 N–H and O–H groups in total. The number of aliphatic hydroxyl groups is 1. The van der Waals surface area contributed by atoms with E-state index in [9.17, 15) is 14.7 Å². The van der Waals surface area contributed by atoms with Crippen LogP contribution in [-0.2, 0) is 39.4 Å². The predicted molar refractivity (Wildman–Crippen MR) is 208 cm³/mol. The van der Waals surface area contributed by atoms with Crippen molar-refractivity contribution < 1.29 is 51.6 Å². The maximum atomic E-state index is 15.3. The quantitative estimate of drug-likeness (QED) is 0.100. The molecule has 1 aliphatic rings. The Kier molecular flexibility index (Phi) is 13.1. The molecular formula is C44H47F3N2O8. The third-order valence-corrected chi connectivity index (χ3v) is 10.2. The monoisotopic (exact) mass is 788 g/mol. The minimum Gasteiger partial charge on any atom is -0.493 e. The number of piperidine rings is 1. The Morgan fingerprint density at radius 1 is 0.825 bits per heavy atom. The van der Waals surface area contributed by atoms with Crippen molar-refractivity contribution in [3.05, 3.63) is 125 Å². The molecule has 302 valence electrons. The highest BCUT2D eigenvalue weighted by molar-refractivity contribution is 5.96. The van der Waals surface area contributed by atoms with E-state index >= 15 is 13.2 Å². The molecule has 0 spiro atoms. The van der Waals surface area contributed by atoms with Gasteiger partial charge in [-0.1, -0.05) is 60.7 Å². The fourth-order valence-corrected chi connectivity index (χ4v) is 7.15. The fraction of sp³-hybridized carbons (Fsp3) is 0.364. The van der Waals surface area contributed by atoms with E-state index in [-0.39, 0.29) is 61.2 Å². The molecule has 1 atom stereocenters. The first-order chi connectivity index (χ1) is 27.4. The van der Waals surface area contributed by atoms with Gasteiger partial charge in [0.05, 0.1) is 26.4 Å². The number of hydrogen-bond acceptors (Lipinski definition) is 9. The third-order valence-electron chi connectivity index (χ3n) is 10.2. The lowest BCUT2D eigenvalue weighted by atomic mass is 9.90. The number of rotatable bonds is 16. The molecule has 1 saturated heterocycles. The topological polar surface area (TPSA) is 109 Å². The third kappa shape index (κ3) is 9.72. The summed E-state index contributed by atoms with van der Waals surface area (Å²) in [5.74, 6) is 0.144. The number of ether oxygens (including phenoxy) is 5. The van der Waals surface area contributed by atoms with Gasteiger partial charge in [0.15, 0.2) is 11.5 Å². The number of carbonyl (C=O) groups is 2. The van der Waals surface area contributed by atoms with Crippen LogP contribution in [0.15, 0.2) is 97.2 Å². The molecule has 13 heteroatoms. The van der Waals surface area contributed by atoms with Gasteiger partial charge in [-0.05, 0) is 73.2 Å². The molecular weight excluding hydrogens is 741 g/mol. The van der Waals surface area contributed by atoms with Gasteiger partial charge < -0.3 is 33.4 Å². The van der Waals surface area contributed by atoms with E-state index in [2.05, 4.69) is 0 Å². The van der Waals surface area contributed by atoms with Gasteiger partial charge in [-0.2, -0.15) is 13.2 Å². The lowest BCUT2D eigenvalue weighted by molar-refractivity contribution is -0.272. The van der Waals surface area contributed by atoms with Crippen LogP contribution in [0, 0.1) is 0 Å². The molecule has 0 amide bonds. The Morgan fingerprint density at radius 2 is 1.46 bits per heavy atom. The van der Waals surface area contributed by atoms with Crippen molar-refractivity contribution in [2.24, 2.45) is 0 Å². The number of fused-ring (bicyclic) bond motifs is 1. The summed E-state index contributed by atoms with van der Waals surface area (Å²) in [6.45, 7) is 1.93. The second-order valence-corrected chi connectivity index (χ2v) is 14.0. The summed E-state index contributed by atoms with van der Waals surface area (Å²) < 4.78 is 75.7. The highest BCUT2D eigenvalue weighted by atomic mass is 19.4. The summed E-state index contributed by atoms with van der Waals surface area (Å²) in [5.41, 5.74) is -0.748. The van der Waals surface area contributed by atoms with Crippen LogP contribution in [0.2, 0.25) is 0 Å². The second-order valence-electron chi connectivity index (χ2n) is 14.0. The number of hydrogen-bond donors (Lipinski definition) is 1. The highest BCUT2D eigenvalue weighted by Crippen LogP contribution is 2.45. The van der Waals surface area contributed by atoms with Crippen LogP contribution in [0.25, 0.3) is 10.9 Å².